The Balaban J connectivity index is 1.52. The molecule has 0 saturated carbocycles. The minimum atomic E-state index is -3.20. The van der Waals surface area contributed by atoms with E-state index in [-0.39, 0.29) is 6.54 Å². The van der Waals surface area contributed by atoms with Crippen LogP contribution in [0.5, 0.6) is 0 Å². The predicted molar refractivity (Wildman–Crippen MR) is 93.3 cm³/mol. The van der Waals surface area contributed by atoms with E-state index < -0.39 is 10.0 Å². The number of likely N-dealkylation sites (tertiary alicyclic amines) is 1. The first-order chi connectivity index (χ1) is 11.8. The maximum absolute atomic E-state index is 11.5. The number of nitrogens with zero attached hydrogens (tertiary/aromatic N) is 5. The summed E-state index contributed by atoms with van der Waals surface area (Å²) in [5, 5.41) is 8.19. The summed E-state index contributed by atoms with van der Waals surface area (Å²) in [4.78, 5) is 2.36. The minimum absolute atomic E-state index is 0.257. The summed E-state index contributed by atoms with van der Waals surface area (Å²) in [5.41, 5.74) is 0. The van der Waals surface area contributed by atoms with Crippen LogP contribution in [0, 0.1) is 0 Å². The third kappa shape index (κ3) is 4.47. The fourth-order valence-electron chi connectivity index (χ4n) is 3.16. The highest BCUT2D eigenvalue weighted by Crippen LogP contribution is 2.27. The zero-order valence-electron chi connectivity index (χ0n) is 14.9. The SMILES string of the molecule is CN(Cc1ccc(CN2CCC(c3nncn3C)CC2)o1)S(C)(=O)=O. The molecular weight excluding hydrogens is 342 g/mol. The van der Waals surface area contributed by atoms with Gasteiger partial charge in [0.1, 0.15) is 23.7 Å². The summed E-state index contributed by atoms with van der Waals surface area (Å²) in [6.45, 7) is 2.97. The van der Waals surface area contributed by atoms with Gasteiger partial charge >= 0.3 is 0 Å². The second kappa shape index (κ2) is 7.27. The molecule has 0 amide bonds. The van der Waals surface area contributed by atoms with Crippen LogP contribution in [0.1, 0.15) is 36.1 Å². The molecule has 0 unspecified atom stereocenters. The van der Waals surface area contributed by atoms with Crippen molar-refractivity contribution < 1.29 is 12.8 Å². The first kappa shape index (κ1) is 18.1. The smallest absolute Gasteiger partial charge is 0.211 e. The molecule has 8 nitrogen and oxygen atoms in total. The summed E-state index contributed by atoms with van der Waals surface area (Å²) in [6, 6.07) is 3.78. The third-order valence-corrected chi connectivity index (χ3v) is 6.00. The molecule has 0 N–H and O–H groups in total. The van der Waals surface area contributed by atoms with E-state index in [1.54, 1.807) is 13.4 Å². The lowest BCUT2D eigenvalue weighted by Crippen LogP contribution is -2.33. The highest BCUT2D eigenvalue weighted by molar-refractivity contribution is 7.88. The quantitative estimate of drug-likeness (QED) is 0.762. The van der Waals surface area contributed by atoms with Crippen LogP contribution < -0.4 is 0 Å². The van der Waals surface area contributed by atoms with Crippen molar-refractivity contribution in [3.63, 3.8) is 0 Å². The third-order valence-electron chi connectivity index (χ3n) is 4.74. The second-order valence-electron chi connectivity index (χ2n) is 6.74. The molecule has 2 aromatic rings. The minimum Gasteiger partial charge on any atom is -0.463 e. The standard InChI is InChI=1S/C16H25N5O3S/c1-19-12-17-18-16(19)13-6-8-21(9-7-13)11-15-5-4-14(24-15)10-20(2)25(3,22)23/h4-5,12-13H,6-11H2,1-3H3. The molecule has 0 bridgehead atoms. The van der Waals surface area contributed by atoms with Gasteiger partial charge in [0.2, 0.25) is 10.0 Å². The molecule has 3 heterocycles. The first-order valence-electron chi connectivity index (χ1n) is 8.38. The normalized spacial score (nSPS) is 17.4. The maximum atomic E-state index is 11.5. The number of hydrogen-bond acceptors (Lipinski definition) is 6. The molecule has 1 aliphatic heterocycles. The van der Waals surface area contributed by atoms with Crippen LogP contribution in [0.25, 0.3) is 0 Å². The van der Waals surface area contributed by atoms with E-state index >= 15 is 0 Å². The average molecular weight is 367 g/mol. The van der Waals surface area contributed by atoms with Crippen LogP contribution in [0.4, 0.5) is 0 Å². The van der Waals surface area contributed by atoms with Gasteiger partial charge in [0.15, 0.2) is 0 Å². The van der Waals surface area contributed by atoms with E-state index in [1.807, 2.05) is 23.7 Å². The van der Waals surface area contributed by atoms with Gasteiger partial charge < -0.3 is 8.98 Å². The zero-order valence-corrected chi connectivity index (χ0v) is 15.7. The highest BCUT2D eigenvalue weighted by Gasteiger charge is 2.24. The largest absolute Gasteiger partial charge is 0.463 e. The van der Waals surface area contributed by atoms with Gasteiger partial charge in [0.25, 0.3) is 0 Å². The van der Waals surface area contributed by atoms with Gasteiger partial charge in [-0.05, 0) is 38.1 Å². The Labute approximate surface area is 148 Å². The predicted octanol–water partition coefficient (Wildman–Crippen LogP) is 1.18. The number of furan rings is 1. The van der Waals surface area contributed by atoms with E-state index in [1.165, 1.54) is 10.6 Å². The fourth-order valence-corrected chi connectivity index (χ4v) is 3.52. The Morgan fingerprint density at radius 3 is 2.56 bits per heavy atom. The van der Waals surface area contributed by atoms with Gasteiger partial charge in [0, 0.05) is 20.0 Å². The van der Waals surface area contributed by atoms with Crippen molar-refractivity contribution in [2.75, 3.05) is 26.4 Å². The molecular formula is C16H25N5O3S. The van der Waals surface area contributed by atoms with E-state index in [9.17, 15) is 8.42 Å². The number of aryl methyl sites for hydroxylation is 1. The Morgan fingerprint density at radius 2 is 1.96 bits per heavy atom. The summed E-state index contributed by atoms with van der Waals surface area (Å²) in [7, 11) is 0.336. The van der Waals surface area contributed by atoms with E-state index in [0.717, 1.165) is 44.1 Å². The van der Waals surface area contributed by atoms with Crippen molar-refractivity contribution in [1.82, 2.24) is 24.0 Å². The molecule has 3 rings (SSSR count). The van der Waals surface area contributed by atoms with Gasteiger partial charge in [-0.1, -0.05) is 0 Å². The van der Waals surface area contributed by atoms with Crippen LogP contribution in [0.3, 0.4) is 0 Å². The first-order valence-corrected chi connectivity index (χ1v) is 10.2. The molecule has 0 atom stereocenters. The summed E-state index contributed by atoms with van der Waals surface area (Å²) in [6.07, 6.45) is 5.05. The lowest BCUT2D eigenvalue weighted by atomic mass is 9.96. The van der Waals surface area contributed by atoms with Gasteiger partial charge in [0.05, 0.1) is 19.3 Å². The van der Waals surface area contributed by atoms with Gasteiger partial charge in [-0.15, -0.1) is 10.2 Å². The molecule has 1 aliphatic rings. The van der Waals surface area contributed by atoms with Crippen LogP contribution in [-0.2, 0) is 30.2 Å². The summed E-state index contributed by atoms with van der Waals surface area (Å²) >= 11 is 0. The number of aromatic nitrogens is 3. The molecule has 0 aromatic carbocycles. The van der Waals surface area contributed by atoms with Crippen LogP contribution >= 0.6 is 0 Å². The van der Waals surface area contributed by atoms with Gasteiger partial charge in [-0.25, -0.2) is 8.42 Å². The highest BCUT2D eigenvalue weighted by atomic mass is 32.2. The molecule has 0 radical (unpaired) electrons. The van der Waals surface area contributed by atoms with Gasteiger partial charge in [-0.3, -0.25) is 4.90 Å². The van der Waals surface area contributed by atoms with Crippen molar-refractivity contribution in [2.45, 2.75) is 31.8 Å². The van der Waals surface area contributed by atoms with E-state index in [2.05, 4.69) is 15.1 Å². The fraction of sp³-hybridized carbons (Fsp3) is 0.625. The number of rotatable bonds is 6. The van der Waals surface area contributed by atoms with Crippen molar-refractivity contribution in [3.05, 3.63) is 35.8 Å². The molecule has 1 fully saturated rings. The molecule has 0 spiro atoms. The van der Waals surface area contributed by atoms with Crippen molar-refractivity contribution >= 4 is 10.0 Å². The Kier molecular flexibility index (Phi) is 5.26. The van der Waals surface area contributed by atoms with Crippen molar-refractivity contribution in [3.8, 4) is 0 Å². The average Bonchev–Trinajstić information content (AvgIpc) is 3.16. The summed E-state index contributed by atoms with van der Waals surface area (Å²) in [5.74, 6) is 3.05. The molecule has 0 aliphatic carbocycles. The maximum Gasteiger partial charge on any atom is 0.211 e. The van der Waals surface area contributed by atoms with Crippen LogP contribution in [0.15, 0.2) is 22.9 Å². The Hall–Kier alpha value is -1.71. The number of hydrogen-bond donors (Lipinski definition) is 0. The second-order valence-corrected chi connectivity index (χ2v) is 8.83. The van der Waals surface area contributed by atoms with Crippen LogP contribution in [-0.4, -0.2) is 58.8 Å². The zero-order chi connectivity index (χ0) is 18.0. The van der Waals surface area contributed by atoms with E-state index in [0.29, 0.717) is 11.7 Å². The van der Waals surface area contributed by atoms with Crippen molar-refractivity contribution in [2.24, 2.45) is 7.05 Å². The topological polar surface area (TPSA) is 84.5 Å². The summed E-state index contributed by atoms with van der Waals surface area (Å²) < 4.78 is 32.0. The molecule has 9 heteroatoms. The Bertz CT molecular complexity index is 805. The molecule has 2 aromatic heterocycles. The number of piperidine rings is 1. The molecule has 25 heavy (non-hydrogen) atoms. The molecule has 138 valence electrons. The lowest BCUT2D eigenvalue weighted by molar-refractivity contribution is 0.185. The van der Waals surface area contributed by atoms with Crippen LogP contribution in [0.2, 0.25) is 0 Å². The monoisotopic (exact) mass is 367 g/mol. The van der Waals surface area contributed by atoms with E-state index in [4.69, 9.17) is 4.42 Å². The molecule has 1 saturated heterocycles. The lowest BCUT2D eigenvalue weighted by Gasteiger charge is -2.30. The number of sulfonamides is 1. The Morgan fingerprint density at radius 1 is 1.28 bits per heavy atom. The van der Waals surface area contributed by atoms with Gasteiger partial charge in [-0.2, -0.15) is 4.31 Å². The van der Waals surface area contributed by atoms with Crippen molar-refractivity contribution in [1.29, 1.82) is 0 Å².